The molecule has 0 amide bonds. The highest BCUT2D eigenvalue weighted by Gasteiger charge is 2.02. The fourth-order valence-corrected chi connectivity index (χ4v) is 1.90. The van der Waals surface area contributed by atoms with Crippen LogP contribution < -0.4 is 0 Å². The molecule has 0 bridgehead atoms. The van der Waals surface area contributed by atoms with E-state index in [4.69, 9.17) is 23.2 Å². The lowest BCUT2D eigenvalue weighted by molar-refractivity contribution is -0.103. The Kier molecular flexibility index (Phi) is 4.19. The van der Waals surface area contributed by atoms with Gasteiger partial charge >= 0.3 is 0 Å². The van der Waals surface area contributed by atoms with Gasteiger partial charge in [0, 0.05) is 5.57 Å². The van der Waals surface area contributed by atoms with Gasteiger partial charge in [0.15, 0.2) is 6.29 Å². The number of rotatable bonds is 3. The van der Waals surface area contributed by atoms with Gasteiger partial charge < -0.3 is 0 Å². The summed E-state index contributed by atoms with van der Waals surface area (Å²) in [5.74, 6) is 0. The van der Waals surface area contributed by atoms with Crippen LogP contribution in [0, 0.1) is 0 Å². The second kappa shape index (κ2) is 5.85. The maximum Gasteiger partial charge on any atom is 0.150 e. The minimum Gasteiger partial charge on any atom is -0.298 e. The van der Waals surface area contributed by atoms with E-state index in [0.717, 1.165) is 17.4 Å². The van der Waals surface area contributed by atoms with Gasteiger partial charge in [-0.3, -0.25) is 4.79 Å². The van der Waals surface area contributed by atoms with Crippen LogP contribution in [-0.2, 0) is 4.79 Å². The van der Waals surface area contributed by atoms with Crippen LogP contribution in [-0.4, -0.2) is 6.29 Å². The van der Waals surface area contributed by atoms with Crippen LogP contribution >= 0.6 is 23.2 Å². The molecule has 0 saturated heterocycles. The highest BCUT2D eigenvalue weighted by Crippen LogP contribution is 2.24. The predicted molar refractivity (Wildman–Crippen MR) is 76.8 cm³/mol. The number of carbonyl (C=O) groups excluding carboxylic acids is 1. The van der Waals surface area contributed by atoms with Crippen molar-refractivity contribution in [1.29, 1.82) is 0 Å². The van der Waals surface area contributed by atoms with Crippen molar-refractivity contribution in [2.45, 2.75) is 0 Å². The van der Waals surface area contributed by atoms with Crippen molar-refractivity contribution in [1.82, 2.24) is 0 Å². The molecule has 2 rings (SSSR count). The van der Waals surface area contributed by atoms with E-state index in [-0.39, 0.29) is 0 Å². The Morgan fingerprint density at radius 3 is 2.28 bits per heavy atom. The van der Waals surface area contributed by atoms with E-state index in [2.05, 4.69) is 0 Å². The summed E-state index contributed by atoms with van der Waals surface area (Å²) in [6.45, 7) is 0. The molecule has 2 aromatic carbocycles. The highest BCUT2D eigenvalue weighted by atomic mass is 35.5. The van der Waals surface area contributed by atoms with Gasteiger partial charge in [0.2, 0.25) is 0 Å². The lowest BCUT2D eigenvalue weighted by Crippen LogP contribution is -1.85. The van der Waals surface area contributed by atoms with E-state index in [9.17, 15) is 4.79 Å². The molecule has 0 aliphatic rings. The Balaban J connectivity index is 2.41. The summed E-state index contributed by atoms with van der Waals surface area (Å²) >= 11 is 11.8. The second-order valence-electron chi connectivity index (χ2n) is 3.76. The molecule has 0 atom stereocenters. The van der Waals surface area contributed by atoms with Gasteiger partial charge in [-0.15, -0.1) is 0 Å². The summed E-state index contributed by atoms with van der Waals surface area (Å²) < 4.78 is 0. The molecule has 18 heavy (non-hydrogen) atoms. The van der Waals surface area contributed by atoms with Crippen LogP contribution in [0.3, 0.4) is 0 Å². The lowest BCUT2D eigenvalue weighted by Gasteiger charge is -2.02. The molecule has 1 nitrogen and oxygen atoms in total. The maximum absolute atomic E-state index is 11.1. The summed E-state index contributed by atoms with van der Waals surface area (Å²) in [7, 11) is 0. The topological polar surface area (TPSA) is 17.1 Å². The molecule has 0 unspecified atom stereocenters. The number of hydrogen-bond acceptors (Lipinski definition) is 1. The summed E-state index contributed by atoms with van der Waals surface area (Å²) in [6.07, 6.45) is 2.61. The first-order chi connectivity index (χ1) is 8.70. The van der Waals surface area contributed by atoms with Crippen LogP contribution in [0.1, 0.15) is 11.1 Å². The van der Waals surface area contributed by atoms with Gasteiger partial charge in [-0.1, -0.05) is 59.6 Å². The number of allylic oxidation sites excluding steroid dienone is 1. The summed E-state index contributed by atoms with van der Waals surface area (Å²) in [5.41, 5.74) is 2.32. The minimum atomic E-state index is 0.476. The van der Waals surface area contributed by atoms with Crippen molar-refractivity contribution in [3.8, 4) is 0 Å². The van der Waals surface area contributed by atoms with Crippen molar-refractivity contribution in [2.75, 3.05) is 0 Å². The van der Waals surface area contributed by atoms with Crippen LogP contribution in [0.5, 0.6) is 0 Å². The molecule has 0 radical (unpaired) electrons. The molecule has 0 aliphatic heterocycles. The zero-order valence-corrected chi connectivity index (χ0v) is 10.9. The fourth-order valence-electron chi connectivity index (χ4n) is 1.60. The Hall–Kier alpha value is -1.57. The Morgan fingerprint density at radius 1 is 0.944 bits per heavy atom. The van der Waals surface area contributed by atoms with Crippen molar-refractivity contribution in [3.05, 3.63) is 69.7 Å². The van der Waals surface area contributed by atoms with Crippen LogP contribution in [0.4, 0.5) is 0 Å². The van der Waals surface area contributed by atoms with Gasteiger partial charge in [-0.25, -0.2) is 0 Å². The molecule has 90 valence electrons. The smallest absolute Gasteiger partial charge is 0.150 e. The van der Waals surface area contributed by atoms with Crippen molar-refractivity contribution >= 4 is 41.1 Å². The number of benzene rings is 2. The average molecular weight is 277 g/mol. The van der Waals surface area contributed by atoms with Gasteiger partial charge in [0.05, 0.1) is 10.0 Å². The van der Waals surface area contributed by atoms with Crippen LogP contribution in [0.25, 0.3) is 11.6 Å². The molecule has 0 saturated carbocycles. The Labute approximate surface area is 116 Å². The molecular weight excluding hydrogens is 267 g/mol. The average Bonchev–Trinajstić information content (AvgIpc) is 2.41. The maximum atomic E-state index is 11.1. The number of halogens is 2. The summed E-state index contributed by atoms with van der Waals surface area (Å²) in [4.78, 5) is 11.1. The third-order valence-electron chi connectivity index (χ3n) is 2.50. The number of carbonyl (C=O) groups is 1. The molecular formula is C15H10Cl2O. The van der Waals surface area contributed by atoms with E-state index in [1.165, 1.54) is 0 Å². The molecule has 2 aromatic rings. The predicted octanol–water partition coefficient (Wildman–Crippen LogP) is 4.73. The van der Waals surface area contributed by atoms with Gasteiger partial charge in [-0.05, 0) is 29.3 Å². The third-order valence-corrected chi connectivity index (χ3v) is 3.24. The second-order valence-corrected chi connectivity index (χ2v) is 4.57. The van der Waals surface area contributed by atoms with E-state index in [1.54, 1.807) is 18.2 Å². The Bertz CT molecular complexity index is 589. The quantitative estimate of drug-likeness (QED) is 0.450. The zero-order chi connectivity index (χ0) is 13.0. The molecule has 0 heterocycles. The van der Waals surface area contributed by atoms with Crippen molar-refractivity contribution in [2.24, 2.45) is 0 Å². The highest BCUT2D eigenvalue weighted by molar-refractivity contribution is 6.42. The van der Waals surface area contributed by atoms with Crippen LogP contribution in [0.2, 0.25) is 10.0 Å². The van der Waals surface area contributed by atoms with E-state index < -0.39 is 0 Å². The molecule has 0 fully saturated rings. The van der Waals surface area contributed by atoms with Gasteiger partial charge in [-0.2, -0.15) is 0 Å². The molecule has 0 aromatic heterocycles. The standard InChI is InChI=1S/C15H10Cl2O/c16-14-7-6-11(9-15(14)17)8-13(10-18)12-4-2-1-3-5-12/h1-10H. The first-order valence-corrected chi connectivity index (χ1v) is 6.13. The lowest BCUT2D eigenvalue weighted by atomic mass is 10.0. The number of aldehydes is 1. The normalized spacial score (nSPS) is 11.3. The molecule has 0 aliphatic carbocycles. The van der Waals surface area contributed by atoms with Gasteiger partial charge in [0.1, 0.15) is 0 Å². The van der Waals surface area contributed by atoms with E-state index >= 15 is 0 Å². The third kappa shape index (κ3) is 3.00. The van der Waals surface area contributed by atoms with Crippen molar-refractivity contribution in [3.63, 3.8) is 0 Å². The Morgan fingerprint density at radius 2 is 1.67 bits per heavy atom. The van der Waals surface area contributed by atoms with Crippen molar-refractivity contribution < 1.29 is 4.79 Å². The summed E-state index contributed by atoms with van der Waals surface area (Å²) in [6, 6.07) is 14.7. The first kappa shape index (κ1) is 12.9. The monoisotopic (exact) mass is 276 g/mol. The molecule has 3 heteroatoms. The number of hydrogen-bond donors (Lipinski definition) is 0. The van der Waals surface area contributed by atoms with Crippen LogP contribution in [0.15, 0.2) is 48.5 Å². The van der Waals surface area contributed by atoms with E-state index in [0.29, 0.717) is 15.6 Å². The SMILES string of the molecule is O=CC(=Cc1ccc(Cl)c(Cl)c1)c1ccccc1. The molecule has 0 spiro atoms. The van der Waals surface area contributed by atoms with E-state index in [1.807, 2.05) is 36.4 Å². The first-order valence-electron chi connectivity index (χ1n) is 5.38. The summed E-state index contributed by atoms with van der Waals surface area (Å²) in [5, 5.41) is 0.977. The van der Waals surface area contributed by atoms with Gasteiger partial charge in [0.25, 0.3) is 0 Å². The minimum absolute atomic E-state index is 0.476. The largest absolute Gasteiger partial charge is 0.298 e. The fraction of sp³-hybridized carbons (Fsp3) is 0. The zero-order valence-electron chi connectivity index (χ0n) is 9.44. The molecule has 0 N–H and O–H groups in total.